The maximum absolute atomic E-state index is 12.5. The fourth-order valence-electron chi connectivity index (χ4n) is 3.40. The summed E-state index contributed by atoms with van der Waals surface area (Å²) in [5.41, 5.74) is 0.869. The van der Waals surface area contributed by atoms with Gasteiger partial charge in [0.05, 0.1) is 5.41 Å². The third-order valence-electron chi connectivity index (χ3n) is 4.99. The van der Waals surface area contributed by atoms with Crippen LogP contribution in [0.1, 0.15) is 38.7 Å². The first-order valence-corrected chi connectivity index (χ1v) is 7.88. The van der Waals surface area contributed by atoms with Gasteiger partial charge in [-0.1, -0.05) is 18.6 Å². The summed E-state index contributed by atoms with van der Waals surface area (Å²) < 4.78 is 0. The van der Waals surface area contributed by atoms with Crippen molar-refractivity contribution in [3.05, 3.63) is 29.8 Å². The van der Waals surface area contributed by atoms with Gasteiger partial charge in [-0.05, 0) is 44.4 Å². The van der Waals surface area contributed by atoms with Crippen molar-refractivity contribution in [1.82, 2.24) is 4.90 Å². The Labute approximate surface area is 130 Å². The molecule has 1 aromatic carbocycles. The lowest BCUT2D eigenvalue weighted by molar-refractivity contribution is -0.147. The second-order valence-electron chi connectivity index (χ2n) is 6.51. The number of amides is 2. The van der Waals surface area contributed by atoms with E-state index in [1.54, 1.807) is 4.90 Å². The first-order chi connectivity index (χ1) is 10.5. The SMILES string of the molecule is CC(C)N1CCN(c2cccc(C3(C(=O)O)CCC3)c2)C1=O. The summed E-state index contributed by atoms with van der Waals surface area (Å²) in [6, 6.07) is 7.69. The molecule has 2 amide bonds. The van der Waals surface area contributed by atoms with E-state index in [2.05, 4.69) is 0 Å². The van der Waals surface area contributed by atoms with Crippen LogP contribution in [0.4, 0.5) is 10.5 Å². The van der Waals surface area contributed by atoms with Crippen LogP contribution in [-0.2, 0) is 10.2 Å². The number of rotatable bonds is 4. The van der Waals surface area contributed by atoms with E-state index >= 15 is 0 Å². The van der Waals surface area contributed by atoms with E-state index in [0.29, 0.717) is 25.9 Å². The van der Waals surface area contributed by atoms with Crippen LogP contribution < -0.4 is 4.90 Å². The van der Waals surface area contributed by atoms with Crippen molar-refractivity contribution >= 4 is 17.7 Å². The van der Waals surface area contributed by atoms with E-state index in [1.165, 1.54) is 0 Å². The van der Waals surface area contributed by atoms with E-state index in [-0.39, 0.29) is 12.1 Å². The Balaban J connectivity index is 1.90. The predicted molar refractivity (Wildman–Crippen MR) is 84.2 cm³/mol. The zero-order chi connectivity index (χ0) is 15.9. The smallest absolute Gasteiger partial charge is 0.324 e. The van der Waals surface area contributed by atoms with Gasteiger partial charge in [0.25, 0.3) is 0 Å². The molecular formula is C17H22N2O3. The number of carbonyl (C=O) groups excluding carboxylic acids is 1. The Bertz CT molecular complexity index is 608. The molecule has 118 valence electrons. The fraction of sp³-hybridized carbons (Fsp3) is 0.529. The van der Waals surface area contributed by atoms with Gasteiger partial charge in [0, 0.05) is 24.8 Å². The van der Waals surface area contributed by atoms with Crippen LogP contribution in [0.25, 0.3) is 0 Å². The second-order valence-corrected chi connectivity index (χ2v) is 6.51. The molecule has 1 N–H and O–H groups in total. The highest BCUT2D eigenvalue weighted by atomic mass is 16.4. The van der Waals surface area contributed by atoms with Gasteiger partial charge in [-0.2, -0.15) is 0 Å². The number of nitrogens with zero attached hydrogens (tertiary/aromatic N) is 2. The Kier molecular flexibility index (Phi) is 3.59. The van der Waals surface area contributed by atoms with E-state index in [4.69, 9.17) is 0 Å². The Morgan fingerprint density at radius 1 is 1.27 bits per heavy atom. The minimum Gasteiger partial charge on any atom is -0.481 e. The average Bonchev–Trinajstić information content (AvgIpc) is 2.79. The molecular weight excluding hydrogens is 280 g/mol. The van der Waals surface area contributed by atoms with Crippen molar-refractivity contribution in [3.8, 4) is 0 Å². The molecule has 1 saturated heterocycles. The standard InChI is InChI=1S/C17H22N2O3/c1-12(2)18-9-10-19(16(18)22)14-6-3-5-13(11-14)17(15(20)21)7-4-8-17/h3,5-6,11-12H,4,7-10H2,1-2H3,(H,20,21). The molecule has 0 aromatic heterocycles. The Hall–Kier alpha value is -2.04. The monoisotopic (exact) mass is 302 g/mol. The second kappa shape index (κ2) is 5.30. The topological polar surface area (TPSA) is 60.9 Å². The molecule has 1 saturated carbocycles. The highest BCUT2D eigenvalue weighted by Crippen LogP contribution is 2.44. The van der Waals surface area contributed by atoms with Crippen molar-refractivity contribution < 1.29 is 14.7 Å². The van der Waals surface area contributed by atoms with Crippen LogP contribution in [0.5, 0.6) is 0 Å². The van der Waals surface area contributed by atoms with Crippen molar-refractivity contribution in [3.63, 3.8) is 0 Å². The first-order valence-electron chi connectivity index (χ1n) is 7.88. The zero-order valence-electron chi connectivity index (χ0n) is 13.1. The predicted octanol–water partition coefficient (Wildman–Crippen LogP) is 2.84. The van der Waals surface area contributed by atoms with Gasteiger partial charge in [0.15, 0.2) is 0 Å². The van der Waals surface area contributed by atoms with Crippen molar-refractivity contribution in [1.29, 1.82) is 0 Å². The first kappa shape index (κ1) is 14.9. The fourth-order valence-corrected chi connectivity index (χ4v) is 3.40. The number of hydrogen-bond donors (Lipinski definition) is 1. The summed E-state index contributed by atoms with van der Waals surface area (Å²) in [4.78, 5) is 27.7. The molecule has 3 rings (SSSR count). The number of urea groups is 1. The van der Waals surface area contributed by atoms with Crippen LogP contribution in [0.3, 0.4) is 0 Å². The molecule has 5 heteroatoms. The third-order valence-corrected chi connectivity index (χ3v) is 4.99. The number of carbonyl (C=O) groups is 2. The molecule has 1 aliphatic carbocycles. The van der Waals surface area contributed by atoms with Crippen LogP contribution in [-0.4, -0.2) is 41.1 Å². The average molecular weight is 302 g/mol. The largest absolute Gasteiger partial charge is 0.481 e. The van der Waals surface area contributed by atoms with Crippen molar-refractivity contribution in [2.45, 2.75) is 44.6 Å². The number of benzene rings is 1. The van der Waals surface area contributed by atoms with Crippen LogP contribution in [0.15, 0.2) is 24.3 Å². The molecule has 0 spiro atoms. The minimum absolute atomic E-state index is 0.00475. The Morgan fingerprint density at radius 3 is 2.50 bits per heavy atom. The quantitative estimate of drug-likeness (QED) is 0.930. The lowest BCUT2D eigenvalue weighted by atomic mass is 9.64. The highest BCUT2D eigenvalue weighted by molar-refractivity contribution is 5.94. The third kappa shape index (κ3) is 2.16. The van der Waals surface area contributed by atoms with Gasteiger partial charge in [0.2, 0.25) is 0 Å². The number of carboxylic acids is 1. The molecule has 0 unspecified atom stereocenters. The number of hydrogen-bond acceptors (Lipinski definition) is 2. The molecule has 0 atom stereocenters. The maximum Gasteiger partial charge on any atom is 0.324 e. The number of carboxylic acid groups (broad SMARTS) is 1. The summed E-state index contributed by atoms with van der Waals surface area (Å²) in [5, 5.41) is 9.57. The van der Waals surface area contributed by atoms with Gasteiger partial charge in [0.1, 0.15) is 0 Å². The molecule has 0 radical (unpaired) electrons. The summed E-state index contributed by atoms with van der Waals surface area (Å²) in [7, 11) is 0. The summed E-state index contributed by atoms with van der Waals surface area (Å²) in [6.45, 7) is 5.38. The maximum atomic E-state index is 12.5. The minimum atomic E-state index is -0.757. The van der Waals surface area contributed by atoms with Gasteiger partial charge >= 0.3 is 12.0 Å². The van der Waals surface area contributed by atoms with E-state index in [0.717, 1.165) is 17.7 Å². The van der Waals surface area contributed by atoms with Crippen LogP contribution >= 0.6 is 0 Å². The van der Waals surface area contributed by atoms with Gasteiger partial charge in [-0.25, -0.2) is 4.79 Å². The summed E-state index contributed by atoms with van der Waals surface area (Å²) >= 11 is 0. The lowest BCUT2D eigenvalue weighted by Crippen LogP contribution is -2.42. The van der Waals surface area contributed by atoms with Gasteiger partial charge in [-0.15, -0.1) is 0 Å². The summed E-state index contributed by atoms with van der Waals surface area (Å²) in [5.74, 6) is -0.757. The molecule has 1 aromatic rings. The van der Waals surface area contributed by atoms with E-state index in [9.17, 15) is 14.7 Å². The molecule has 2 fully saturated rings. The van der Waals surface area contributed by atoms with Crippen molar-refractivity contribution in [2.75, 3.05) is 18.0 Å². The normalized spacial score (nSPS) is 20.4. The van der Waals surface area contributed by atoms with Crippen LogP contribution in [0.2, 0.25) is 0 Å². The van der Waals surface area contributed by atoms with Gasteiger partial charge < -0.3 is 10.0 Å². The van der Waals surface area contributed by atoms with E-state index < -0.39 is 11.4 Å². The van der Waals surface area contributed by atoms with E-state index in [1.807, 2.05) is 43.0 Å². The highest BCUT2D eigenvalue weighted by Gasteiger charge is 2.46. The molecule has 0 bridgehead atoms. The lowest BCUT2D eigenvalue weighted by Gasteiger charge is -2.38. The van der Waals surface area contributed by atoms with Gasteiger partial charge in [-0.3, -0.25) is 9.69 Å². The summed E-state index contributed by atoms with van der Waals surface area (Å²) in [6.07, 6.45) is 2.30. The number of anilines is 1. The van der Waals surface area contributed by atoms with Crippen molar-refractivity contribution in [2.24, 2.45) is 0 Å². The molecule has 5 nitrogen and oxygen atoms in total. The zero-order valence-corrected chi connectivity index (χ0v) is 13.1. The molecule has 1 heterocycles. The molecule has 1 aliphatic heterocycles. The molecule has 22 heavy (non-hydrogen) atoms. The van der Waals surface area contributed by atoms with Crippen LogP contribution in [0, 0.1) is 0 Å². The molecule has 2 aliphatic rings. The Morgan fingerprint density at radius 2 is 2.00 bits per heavy atom. The number of aliphatic carboxylic acids is 1.